The van der Waals surface area contributed by atoms with Crippen molar-refractivity contribution >= 4 is 17.4 Å². The second-order valence-electron chi connectivity index (χ2n) is 7.86. The Balaban J connectivity index is 1.85. The van der Waals surface area contributed by atoms with Gasteiger partial charge >= 0.3 is 0 Å². The van der Waals surface area contributed by atoms with Gasteiger partial charge in [0.15, 0.2) is 5.82 Å². The number of hydrogen-bond donors (Lipinski definition) is 3. The van der Waals surface area contributed by atoms with E-state index in [1.54, 1.807) is 42.5 Å². The summed E-state index contributed by atoms with van der Waals surface area (Å²) in [5.41, 5.74) is 9.13. The normalized spacial score (nSPS) is 14.0. The van der Waals surface area contributed by atoms with E-state index >= 15 is 0 Å². The molecule has 4 rings (SSSR count). The zero-order chi connectivity index (χ0) is 21.8. The molecule has 156 valence electrons. The van der Waals surface area contributed by atoms with Crippen molar-refractivity contribution in [2.45, 2.75) is 32.1 Å². The lowest BCUT2D eigenvalue weighted by Crippen LogP contribution is -2.25. The van der Waals surface area contributed by atoms with E-state index in [-0.39, 0.29) is 29.0 Å². The highest BCUT2D eigenvalue weighted by molar-refractivity contribution is 5.95. The van der Waals surface area contributed by atoms with Crippen LogP contribution in [0.2, 0.25) is 0 Å². The number of nitriles is 1. The van der Waals surface area contributed by atoms with Crippen LogP contribution >= 0.6 is 0 Å². The zero-order valence-corrected chi connectivity index (χ0v) is 17.1. The molecule has 1 aliphatic carbocycles. The number of nitrogens with zero attached hydrogens (tertiary/aromatic N) is 2. The van der Waals surface area contributed by atoms with Crippen molar-refractivity contribution in [2.24, 2.45) is 5.92 Å². The van der Waals surface area contributed by atoms with E-state index in [0.717, 1.165) is 37.7 Å². The molecule has 1 heterocycles. The van der Waals surface area contributed by atoms with E-state index in [1.165, 1.54) is 0 Å². The number of benzene rings is 2. The van der Waals surface area contributed by atoms with Crippen molar-refractivity contribution in [1.29, 1.82) is 5.26 Å². The minimum absolute atomic E-state index is 0.0720. The number of hydrogen-bond acceptors (Lipinski definition) is 5. The molecular weight excluding hydrogens is 388 g/mol. The van der Waals surface area contributed by atoms with Gasteiger partial charge in [-0.25, -0.2) is 4.98 Å². The van der Waals surface area contributed by atoms with Crippen LogP contribution in [0.25, 0.3) is 22.4 Å². The van der Waals surface area contributed by atoms with Gasteiger partial charge in [-0.2, -0.15) is 5.26 Å². The Bertz CT molecular complexity index is 1160. The molecule has 4 N–H and O–H groups in total. The van der Waals surface area contributed by atoms with Crippen molar-refractivity contribution in [3.63, 3.8) is 0 Å². The van der Waals surface area contributed by atoms with Crippen molar-refractivity contribution in [3.05, 3.63) is 60.2 Å². The Kier molecular flexibility index (Phi) is 5.85. The molecule has 0 radical (unpaired) electrons. The second kappa shape index (κ2) is 8.88. The Morgan fingerprint density at radius 1 is 1.06 bits per heavy atom. The van der Waals surface area contributed by atoms with Crippen LogP contribution in [-0.2, 0) is 4.79 Å². The monoisotopic (exact) mass is 412 g/mol. The summed E-state index contributed by atoms with van der Waals surface area (Å²) < 4.78 is 0. The van der Waals surface area contributed by atoms with Crippen LogP contribution in [0, 0.1) is 17.2 Å². The zero-order valence-electron chi connectivity index (χ0n) is 17.1. The maximum atomic E-state index is 12.9. The smallest absolute Gasteiger partial charge is 0.228 e. The number of anilines is 2. The average Bonchev–Trinajstić information content (AvgIpc) is 2.79. The lowest BCUT2D eigenvalue weighted by molar-refractivity contribution is -0.120. The molecule has 0 saturated heterocycles. The summed E-state index contributed by atoms with van der Waals surface area (Å²) in [5, 5.41) is 23.2. The number of nitrogen functional groups attached to an aromatic ring is 1. The fourth-order valence-corrected chi connectivity index (χ4v) is 4.09. The number of phenolic OH excluding ortho intramolecular Hbond substituents is 1. The van der Waals surface area contributed by atoms with Crippen LogP contribution in [0.1, 0.15) is 37.7 Å². The molecule has 0 atom stereocenters. The maximum Gasteiger partial charge on any atom is 0.228 e. The summed E-state index contributed by atoms with van der Waals surface area (Å²) in [6.07, 6.45) is 4.89. The first-order chi connectivity index (χ1) is 15.1. The van der Waals surface area contributed by atoms with Crippen molar-refractivity contribution in [2.75, 3.05) is 11.1 Å². The molecule has 0 spiro atoms. The Hall–Kier alpha value is -3.85. The van der Waals surface area contributed by atoms with E-state index in [2.05, 4.69) is 16.4 Å². The van der Waals surface area contributed by atoms with Crippen molar-refractivity contribution in [3.8, 4) is 34.2 Å². The number of rotatable bonds is 4. The third-order valence-corrected chi connectivity index (χ3v) is 5.73. The molecule has 0 unspecified atom stereocenters. The SMILES string of the molecule is N#Cc1c(-c2cccc(N)c2)cc(-c2ccccc2O)nc1NC(=O)C1CCCCC1. The van der Waals surface area contributed by atoms with Gasteiger partial charge < -0.3 is 16.2 Å². The average molecular weight is 412 g/mol. The van der Waals surface area contributed by atoms with E-state index in [0.29, 0.717) is 22.5 Å². The first-order valence-corrected chi connectivity index (χ1v) is 10.5. The summed E-state index contributed by atoms with van der Waals surface area (Å²) in [5.74, 6) is 0.0856. The molecule has 6 heteroatoms. The summed E-state index contributed by atoms with van der Waals surface area (Å²) in [7, 11) is 0. The Morgan fingerprint density at radius 2 is 1.84 bits per heavy atom. The van der Waals surface area contributed by atoms with E-state index in [1.807, 2.05) is 12.1 Å². The van der Waals surface area contributed by atoms with Gasteiger partial charge in [0.25, 0.3) is 0 Å². The largest absolute Gasteiger partial charge is 0.507 e. The number of carbonyl (C=O) groups is 1. The highest BCUT2D eigenvalue weighted by Gasteiger charge is 2.24. The molecule has 0 aliphatic heterocycles. The van der Waals surface area contributed by atoms with Crippen LogP contribution in [0.4, 0.5) is 11.5 Å². The number of phenols is 1. The molecule has 2 aromatic carbocycles. The predicted octanol–water partition coefficient (Wildman–Crippen LogP) is 5.09. The van der Waals surface area contributed by atoms with Crippen LogP contribution in [0.5, 0.6) is 5.75 Å². The van der Waals surface area contributed by atoms with Gasteiger partial charge in [-0.1, -0.05) is 43.5 Å². The third kappa shape index (κ3) is 4.36. The Morgan fingerprint density at radius 3 is 2.55 bits per heavy atom. The van der Waals surface area contributed by atoms with E-state index in [9.17, 15) is 15.2 Å². The number of aromatic hydroxyl groups is 1. The van der Waals surface area contributed by atoms with Crippen LogP contribution in [0.3, 0.4) is 0 Å². The van der Waals surface area contributed by atoms with Crippen LogP contribution in [-0.4, -0.2) is 16.0 Å². The molecule has 31 heavy (non-hydrogen) atoms. The number of pyridine rings is 1. The lowest BCUT2D eigenvalue weighted by atomic mass is 9.88. The number of carbonyl (C=O) groups excluding carboxylic acids is 1. The standard InChI is InChI=1S/C25H24N4O2/c26-15-21-20(17-9-6-10-18(27)13-17)14-22(19-11-4-5-12-23(19)30)28-24(21)29-25(31)16-7-2-1-3-8-16/h4-6,9-14,16,30H,1-3,7-8,27H2,(H,28,29,31). The third-order valence-electron chi connectivity index (χ3n) is 5.73. The Labute approximate surface area is 181 Å². The first kappa shape index (κ1) is 20.4. The quantitative estimate of drug-likeness (QED) is 0.517. The summed E-state index contributed by atoms with van der Waals surface area (Å²) >= 11 is 0. The van der Waals surface area contributed by atoms with Crippen LogP contribution in [0.15, 0.2) is 54.6 Å². The number of nitrogens with one attached hydrogen (secondary N) is 1. The van der Waals surface area contributed by atoms with Crippen molar-refractivity contribution < 1.29 is 9.90 Å². The number of amides is 1. The molecule has 0 bridgehead atoms. The maximum absolute atomic E-state index is 12.9. The summed E-state index contributed by atoms with van der Waals surface area (Å²) in [6.45, 7) is 0. The fraction of sp³-hybridized carbons (Fsp3) is 0.240. The second-order valence-corrected chi connectivity index (χ2v) is 7.86. The molecule has 6 nitrogen and oxygen atoms in total. The number of para-hydroxylation sites is 1. The summed E-state index contributed by atoms with van der Waals surface area (Å²) in [4.78, 5) is 17.5. The highest BCUT2D eigenvalue weighted by atomic mass is 16.3. The van der Waals surface area contributed by atoms with Gasteiger partial charge in [-0.05, 0) is 48.7 Å². The van der Waals surface area contributed by atoms with Gasteiger partial charge in [0.05, 0.1) is 5.69 Å². The fourth-order valence-electron chi connectivity index (χ4n) is 4.09. The molecule has 1 aliphatic rings. The topological polar surface area (TPSA) is 112 Å². The first-order valence-electron chi connectivity index (χ1n) is 10.5. The lowest BCUT2D eigenvalue weighted by Gasteiger charge is -2.21. The van der Waals surface area contributed by atoms with Crippen molar-refractivity contribution in [1.82, 2.24) is 4.98 Å². The molecule has 1 amide bonds. The van der Waals surface area contributed by atoms with Crippen LogP contribution < -0.4 is 11.1 Å². The highest BCUT2D eigenvalue weighted by Crippen LogP contribution is 2.36. The summed E-state index contributed by atoms with van der Waals surface area (Å²) in [6, 6.07) is 18.0. The van der Waals surface area contributed by atoms with E-state index in [4.69, 9.17) is 5.73 Å². The molecule has 1 saturated carbocycles. The minimum Gasteiger partial charge on any atom is -0.507 e. The minimum atomic E-state index is -0.114. The molecule has 3 aromatic rings. The predicted molar refractivity (Wildman–Crippen MR) is 121 cm³/mol. The molecule has 1 fully saturated rings. The van der Waals surface area contributed by atoms with Gasteiger partial charge in [0.1, 0.15) is 17.4 Å². The van der Waals surface area contributed by atoms with Gasteiger partial charge in [0.2, 0.25) is 5.91 Å². The number of nitrogens with two attached hydrogens (primary N) is 1. The number of aromatic nitrogens is 1. The molecule has 1 aromatic heterocycles. The van der Waals surface area contributed by atoms with Gasteiger partial charge in [0, 0.05) is 22.7 Å². The molecular formula is C25H24N4O2. The van der Waals surface area contributed by atoms with E-state index < -0.39 is 0 Å². The van der Waals surface area contributed by atoms with Gasteiger partial charge in [-0.15, -0.1) is 0 Å². The van der Waals surface area contributed by atoms with Gasteiger partial charge in [-0.3, -0.25) is 4.79 Å².